The van der Waals surface area contributed by atoms with Gasteiger partial charge in [0, 0.05) is 6.54 Å². The lowest BCUT2D eigenvalue weighted by atomic mass is 9.97. The molecule has 1 amide bonds. The summed E-state index contributed by atoms with van der Waals surface area (Å²) in [6.45, 7) is 7.02. The quantitative estimate of drug-likeness (QED) is 0.298. The second-order valence-corrected chi connectivity index (χ2v) is 9.22. The number of hydrogen-bond acceptors (Lipinski definition) is 4. The molecule has 0 fully saturated rings. The molecule has 5 rings (SSSR count). The first kappa shape index (κ1) is 22.9. The van der Waals surface area contributed by atoms with Crippen molar-refractivity contribution in [2.45, 2.75) is 46.2 Å². The van der Waals surface area contributed by atoms with Gasteiger partial charge in [-0.25, -0.2) is 0 Å². The Morgan fingerprint density at radius 2 is 1.71 bits per heavy atom. The Hall–Kier alpha value is -3.86. The van der Waals surface area contributed by atoms with Gasteiger partial charge in [-0.3, -0.25) is 9.59 Å². The molecule has 0 spiro atoms. The molecule has 35 heavy (non-hydrogen) atoms. The van der Waals surface area contributed by atoms with E-state index in [4.69, 9.17) is 9.15 Å². The number of aryl methyl sites for hydroxylation is 2. The van der Waals surface area contributed by atoms with Gasteiger partial charge < -0.3 is 14.1 Å². The number of unbranched alkanes of at least 4 members (excludes halogenated alkanes) is 1. The number of nitrogens with zero attached hydrogens (tertiary/aromatic N) is 1. The molecule has 0 bridgehead atoms. The Balaban J connectivity index is 1.64. The van der Waals surface area contributed by atoms with Crippen LogP contribution in [0.15, 0.2) is 75.9 Å². The van der Waals surface area contributed by atoms with Crippen molar-refractivity contribution >= 4 is 16.9 Å². The zero-order valence-electron chi connectivity index (χ0n) is 20.3. The van der Waals surface area contributed by atoms with Gasteiger partial charge in [-0.1, -0.05) is 61.9 Å². The molecule has 1 unspecified atom stereocenters. The Morgan fingerprint density at radius 1 is 0.971 bits per heavy atom. The summed E-state index contributed by atoms with van der Waals surface area (Å²) in [7, 11) is 0. The van der Waals surface area contributed by atoms with Crippen LogP contribution in [-0.2, 0) is 6.54 Å². The van der Waals surface area contributed by atoms with Crippen molar-refractivity contribution in [3.05, 3.63) is 111 Å². The summed E-state index contributed by atoms with van der Waals surface area (Å²) in [6.07, 6.45) is 2.06. The van der Waals surface area contributed by atoms with E-state index in [2.05, 4.69) is 6.92 Å². The minimum atomic E-state index is -0.538. The number of amides is 1. The van der Waals surface area contributed by atoms with Crippen LogP contribution in [0.4, 0.5) is 0 Å². The average molecular weight is 468 g/mol. The molecule has 178 valence electrons. The minimum absolute atomic E-state index is 0.138. The van der Waals surface area contributed by atoms with Crippen molar-refractivity contribution in [1.82, 2.24) is 4.90 Å². The van der Waals surface area contributed by atoms with Crippen molar-refractivity contribution in [1.29, 1.82) is 0 Å². The van der Waals surface area contributed by atoms with Gasteiger partial charge in [-0.2, -0.15) is 0 Å². The Bertz CT molecular complexity index is 1440. The van der Waals surface area contributed by atoms with Gasteiger partial charge >= 0.3 is 0 Å². The van der Waals surface area contributed by atoms with Crippen LogP contribution in [0.1, 0.15) is 64.2 Å². The highest BCUT2D eigenvalue weighted by atomic mass is 16.5. The fourth-order valence-corrected chi connectivity index (χ4v) is 4.84. The topological polar surface area (TPSA) is 59.8 Å². The molecule has 1 aliphatic heterocycles. The Labute approximate surface area is 205 Å². The van der Waals surface area contributed by atoms with E-state index in [-0.39, 0.29) is 17.1 Å². The van der Waals surface area contributed by atoms with Crippen LogP contribution in [0.25, 0.3) is 11.0 Å². The predicted octanol–water partition coefficient (Wildman–Crippen LogP) is 6.33. The summed E-state index contributed by atoms with van der Waals surface area (Å²) in [5, 5.41) is 0.514. The standard InChI is InChI=1S/C30H29NO4/c1-4-5-15-34-23-13-11-22(12-14-23)26-25-27(32)24-17-19(2)16-20(3)28(24)35-29(25)30(33)31(26)18-21-9-7-6-8-10-21/h6-14,16-17,26H,4-5,15,18H2,1-3H3. The van der Waals surface area contributed by atoms with E-state index >= 15 is 0 Å². The zero-order chi connectivity index (χ0) is 24.5. The lowest BCUT2D eigenvalue weighted by Gasteiger charge is -2.25. The third-order valence-corrected chi connectivity index (χ3v) is 6.56. The second-order valence-electron chi connectivity index (χ2n) is 9.22. The number of hydrogen-bond donors (Lipinski definition) is 0. The van der Waals surface area contributed by atoms with Crippen LogP contribution in [0.3, 0.4) is 0 Å². The molecule has 0 saturated heterocycles. The van der Waals surface area contributed by atoms with Crippen molar-refractivity contribution < 1.29 is 13.9 Å². The molecule has 5 nitrogen and oxygen atoms in total. The van der Waals surface area contributed by atoms with E-state index < -0.39 is 6.04 Å². The predicted molar refractivity (Wildman–Crippen MR) is 137 cm³/mol. The van der Waals surface area contributed by atoms with Crippen LogP contribution in [-0.4, -0.2) is 17.4 Å². The molecule has 0 saturated carbocycles. The maximum absolute atomic E-state index is 13.8. The summed E-state index contributed by atoms with van der Waals surface area (Å²) in [5.41, 5.74) is 4.41. The Morgan fingerprint density at radius 3 is 2.43 bits per heavy atom. The lowest BCUT2D eigenvalue weighted by molar-refractivity contribution is 0.0714. The largest absolute Gasteiger partial charge is 0.494 e. The first-order valence-corrected chi connectivity index (χ1v) is 12.1. The third-order valence-electron chi connectivity index (χ3n) is 6.56. The molecule has 5 heteroatoms. The fraction of sp³-hybridized carbons (Fsp3) is 0.267. The third kappa shape index (κ3) is 4.23. The van der Waals surface area contributed by atoms with Crippen molar-refractivity contribution in [2.24, 2.45) is 0 Å². The summed E-state index contributed by atoms with van der Waals surface area (Å²) < 4.78 is 12.0. The number of benzene rings is 3. The molecule has 0 radical (unpaired) electrons. The van der Waals surface area contributed by atoms with Crippen LogP contribution < -0.4 is 10.2 Å². The van der Waals surface area contributed by atoms with Gasteiger partial charge in [0.05, 0.1) is 23.6 Å². The molecule has 2 heterocycles. The van der Waals surface area contributed by atoms with Crippen LogP contribution in [0.5, 0.6) is 5.75 Å². The highest BCUT2D eigenvalue weighted by Crippen LogP contribution is 2.40. The van der Waals surface area contributed by atoms with Crippen molar-refractivity contribution in [2.75, 3.05) is 6.61 Å². The minimum Gasteiger partial charge on any atom is -0.494 e. The summed E-state index contributed by atoms with van der Waals surface area (Å²) >= 11 is 0. The van der Waals surface area contributed by atoms with Gasteiger partial charge in [0.1, 0.15) is 11.3 Å². The maximum atomic E-state index is 13.8. The smallest absolute Gasteiger partial charge is 0.291 e. The van der Waals surface area contributed by atoms with Crippen LogP contribution in [0, 0.1) is 13.8 Å². The molecular weight excluding hydrogens is 438 g/mol. The molecule has 3 aromatic carbocycles. The highest BCUT2D eigenvalue weighted by molar-refractivity contribution is 5.99. The monoisotopic (exact) mass is 467 g/mol. The van der Waals surface area contributed by atoms with Gasteiger partial charge in [-0.15, -0.1) is 0 Å². The number of rotatable bonds is 7. The number of carbonyl (C=O) groups is 1. The first-order chi connectivity index (χ1) is 17.0. The molecule has 0 aliphatic carbocycles. The average Bonchev–Trinajstić information content (AvgIpc) is 3.13. The number of carbonyl (C=O) groups excluding carboxylic acids is 1. The molecule has 1 aromatic heterocycles. The summed E-state index contributed by atoms with van der Waals surface area (Å²) in [4.78, 5) is 29.2. The van der Waals surface area contributed by atoms with Gasteiger partial charge in [-0.05, 0) is 60.7 Å². The molecule has 1 atom stereocenters. The van der Waals surface area contributed by atoms with Gasteiger partial charge in [0.15, 0.2) is 5.43 Å². The van der Waals surface area contributed by atoms with E-state index in [0.717, 1.165) is 40.8 Å². The van der Waals surface area contributed by atoms with E-state index in [0.29, 0.717) is 29.7 Å². The zero-order valence-corrected chi connectivity index (χ0v) is 20.3. The Kier molecular flexibility index (Phi) is 6.16. The number of fused-ring (bicyclic) bond motifs is 2. The van der Waals surface area contributed by atoms with E-state index in [1.807, 2.05) is 80.6 Å². The van der Waals surface area contributed by atoms with E-state index in [1.54, 1.807) is 4.90 Å². The maximum Gasteiger partial charge on any atom is 0.291 e. The summed E-state index contributed by atoms with van der Waals surface area (Å²) in [6, 6.07) is 20.8. The highest BCUT2D eigenvalue weighted by Gasteiger charge is 2.42. The normalized spacial score (nSPS) is 15.0. The van der Waals surface area contributed by atoms with Crippen LogP contribution >= 0.6 is 0 Å². The van der Waals surface area contributed by atoms with Gasteiger partial charge in [0.25, 0.3) is 5.91 Å². The van der Waals surface area contributed by atoms with Crippen molar-refractivity contribution in [3.63, 3.8) is 0 Å². The lowest BCUT2D eigenvalue weighted by Crippen LogP contribution is -2.29. The molecule has 4 aromatic rings. The van der Waals surface area contributed by atoms with Crippen LogP contribution in [0.2, 0.25) is 0 Å². The SMILES string of the molecule is CCCCOc1ccc(C2c3c(oc4c(C)cc(C)cc4c3=O)C(=O)N2Cc2ccccc2)cc1. The second kappa shape index (κ2) is 9.41. The number of ether oxygens (including phenoxy) is 1. The van der Waals surface area contributed by atoms with Gasteiger partial charge in [0.2, 0.25) is 5.76 Å². The molecule has 1 aliphatic rings. The first-order valence-electron chi connectivity index (χ1n) is 12.1. The summed E-state index contributed by atoms with van der Waals surface area (Å²) in [5.74, 6) is 0.646. The molecule has 0 N–H and O–H groups in total. The fourth-order valence-electron chi connectivity index (χ4n) is 4.84. The van der Waals surface area contributed by atoms with E-state index in [9.17, 15) is 9.59 Å². The van der Waals surface area contributed by atoms with Crippen molar-refractivity contribution in [3.8, 4) is 5.75 Å². The molecular formula is C30H29NO4. The van der Waals surface area contributed by atoms with E-state index in [1.165, 1.54) is 0 Å².